The molecular formula is C12H18N4O4. The fourth-order valence-electron chi connectivity index (χ4n) is 1.91. The molecule has 1 aliphatic heterocycles. The SMILES string of the molecule is CC(C)C(=O)OCC1CCC(n2cnc(N)nc2=O)O1. The van der Waals surface area contributed by atoms with Crippen molar-refractivity contribution >= 4 is 11.9 Å². The molecular weight excluding hydrogens is 264 g/mol. The lowest BCUT2D eigenvalue weighted by molar-refractivity contribution is -0.152. The summed E-state index contributed by atoms with van der Waals surface area (Å²) in [5.74, 6) is -0.489. The van der Waals surface area contributed by atoms with E-state index in [0.29, 0.717) is 12.8 Å². The van der Waals surface area contributed by atoms with Crippen LogP contribution in [0.2, 0.25) is 0 Å². The van der Waals surface area contributed by atoms with E-state index in [1.54, 1.807) is 13.8 Å². The van der Waals surface area contributed by atoms with Crippen LogP contribution in [0.25, 0.3) is 0 Å². The number of carbonyl (C=O) groups excluding carboxylic acids is 1. The van der Waals surface area contributed by atoms with Crippen LogP contribution >= 0.6 is 0 Å². The number of rotatable bonds is 4. The van der Waals surface area contributed by atoms with Gasteiger partial charge in [0.25, 0.3) is 0 Å². The highest BCUT2D eigenvalue weighted by Gasteiger charge is 2.28. The highest BCUT2D eigenvalue weighted by atomic mass is 16.6. The molecule has 0 radical (unpaired) electrons. The standard InChI is InChI=1S/C12H18N4O4/c1-7(2)10(17)19-5-8-3-4-9(20-8)16-6-14-11(13)15-12(16)18/h6-9H,3-5H2,1-2H3,(H2,13,15,18). The first-order valence-corrected chi connectivity index (χ1v) is 6.50. The van der Waals surface area contributed by atoms with Crippen LogP contribution in [0.4, 0.5) is 5.95 Å². The van der Waals surface area contributed by atoms with Gasteiger partial charge in [-0.2, -0.15) is 4.98 Å². The maximum Gasteiger partial charge on any atom is 0.354 e. The summed E-state index contributed by atoms with van der Waals surface area (Å²) in [6.45, 7) is 3.73. The Bertz CT molecular complexity index is 543. The lowest BCUT2D eigenvalue weighted by Gasteiger charge is -2.15. The molecule has 8 heteroatoms. The minimum atomic E-state index is -0.498. The maximum absolute atomic E-state index is 11.7. The summed E-state index contributed by atoms with van der Waals surface area (Å²) in [6, 6.07) is 0. The zero-order valence-corrected chi connectivity index (χ0v) is 11.5. The van der Waals surface area contributed by atoms with Crippen LogP contribution in [0.3, 0.4) is 0 Å². The van der Waals surface area contributed by atoms with Gasteiger partial charge in [-0.15, -0.1) is 0 Å². The minimum absolute atomic E-state index is 0.0633. The second kappa shape index (κ2) is 6.00. The van der Waals surface area contributed by atoms with Gasteiger partial charge in [-0.1, -0.05) is 13.8 Å². The van der Waals surface area contributed by atoms with Crippen molar-refractivity contribution in [3.05, 3.63) is 16.8 Å². The van der Waals surface area contributed by atoms with Crippen molar-refractivity contribution in [1.29, 1.82) is 0 Å². The molecule has 2 unspecified atom stereocenters. The Kier molecular flexibility index (Phi) is 4.33. The number of nitrogens with two attached hydrogens (primary N) is 1. The minimum Gasteiger partial charge on any atom is -0.463 e. The molecule has 0 aliphatic carbocycles. The average molecular weight is 282 g/mol. The molecule has 1 aromatic heterocycles. The first-order chi connectivity index (χ1) is 9.47. The lowest BCUT2D eigenvalue weighted by atomic mass is 10.2. The van der Waals surface area contributed by atoms with Gasteiger partial charge in [0.1, 0.15) is 19.2 Å². The largest absolute Gasteiger partial charge is 0.463 e. The quantitative estimate of drug-likeness (QED) is 0.780. The molecule has 1 aromatic rings. The molecule has 0 saturated carbocycles. The predicted molar refractivity (Wildman–Crippen MR) is 69.6 cm³/mol. The molecule has 1 saturated heterocycles. The molecule has 1 fully saturated rings. The number of aromatic nitrogens is 3. The predicted octanol–water partition coefficient (Wildman–Crippen LogP) is 0.0973. The van der Waals surface area contributed by atoms with Gasteiger partial charge in [0.15, 0.2) is 0 Å². The van der Waals surface area contributed by atoms with E-state index in [1.807, 2.05) is 0 Å². The number of ether oxygens (including phenoxy) is 2. The van der Waals surface area contributed by atoms with Gasteiger partial charge in [-0.3, -0.25) is 9.36 Å². The highest BCUT2D eigenvalue weighted by molar-refractivity contribution is 5.71. The van der Waals surface area contributed by atoms with E-state index in [1.165, 1.54) is 10.9 Å². The zero-order valence-electron chi connectivity index (χ0n) is 11.5. The smallest absolute Gasteiger partial charge is 0.354 e. The molecule has 0 bridgehead atoms. The van der Waals surface area contributed by atoms with Crippen molar-refractivity contribution in [2.45, 2.75) is 39.0 Å². The van der Waals surface area contributed by atoms with E-state index in [-0.39, 0.29) is 30.5 Å². The third-order valence-electron chi connectivity index (χ3n) is 3.02. The molecule has 0 amide bonds. The second-order valence-electron chi connectivity index (χ2n) is 4.98. The molecule has 110 valence electrons. The van der Waals surface area contributed by atoms with E-state index in [0.717, 1.165) is 0 Å². The van der Waals surface area contributed by atoms with E-state index in [4.69, 9.17) is 15.2 Å². The van der Waals surface area contributed by atoms with Crippen LogP contribution in [0, 0.1) is 5.92 Å². The second-order valence-corrected chi connectivity index (χ2v) is 4.98. The summed E-state index contributed by atoms with van der Waals surface area (Å²) in [6.07, 6.45) is 2.00. The molecule has 2 heterocycles. The van der Waals surface area contributed by atoms with Crippen LogP contribution in [0.15, 0.2) is 11.1 Å². The Morgan fingerprint density at radius 2 is 2.35 bits per heavy atom. The van der Waals surface area contributed by atoms with Gasteiger partial charge >= 0.3 is 11.7 Å². The van der Waals surface area contributed by atoms with Crippen LogP contribution in [-0.4, -0.2) is 33.2 Å². The van der Waals surface area contributed by atoms with Gasteiger partial charge in [0.05, 0.1) is 12.0 Å². The molecule has 1 aliphatic rings. The molecule has 2 atom stereocenters. The van der Waals surface area contributed by atoms with Crippen LogP contribution in [0.1, 0.15) is 32.9 Å². The van der Waals surface area contributed by atoms with Gasteiger partial charge in [-0.25, -0.2) is 9.78 Å². The molecule has 2 rings (SSSR count). The van der Waals surface area contributed by atoms with Gasteiger partial charge in [-0.05, 0) is 12.8 Å². The number of nitrogen functional groups attached to an aromatic ring is 1. The molecule has 0 aromatic carbocycles. The molecule has 20 heavy (non-hydrogen) atoms. The fraction of sp³-hybridized carbons (Fsp3) is 0.667. The monoisotopic (exact) mass is 282 g/mol. The van der Waals surface area contributed by atoms with E-state index in [9.17, 15) is 9.59 Å². The van der Waals surface area contributed by atoms with E-state index >= 15 is 0 Å². The number of carbonyl (C=O) groups is 1. The number of hydrogen-bond donors (Lipinski definition) is 1. The Hall–Kier alpha value is -1.96. The number of hydrogen-bond acceptors (Lipinski definition) is 7. The van der Waals surface area contributed by atoms with Crippen molar-refractivity contribution in [1.82, 2.24) is 14.5 Å². The summed E-state index contributed by atoms with van der Waals surface area (Å²) >= 11 is 0. The Morgan fingerprint density at radius 1 is 1.60 bits per heavy atom. The maximum atomic E-state index is 11.7. The lowest BCUT2D eigenvalue weighted by Crippen LogP contribution is -2.29. The van der Waals surface area contributed by atoms with E-state index < -0.39 is 11.9 Å². The molecule has 0 spiro atoms. The molecule has 2 N–H and O–H groups in total. The number of esters is 1. The van der Waals surface area contributed by atoms with Crippen molar-refractivity contribution in [2.75, 3.05) is 12.3 Å². The first-order valence-electron chi connectivity index (χ1n) is 6.50. The highest BCUT2D eigenvalue weighted by Crippen LogP contribution is 2.27. The normalized spacial score (nSPS) is 22.1. The van der Waals surface area contributed by atoms with E-state index in [2.05, 4.69) is 9.97 Å². The summed E-state index contributed by atoms with van der Waals surface area (Å²) < 4.78 is 12.1. The van der Waals surface area contributed by atoms with Crippen LogP contribution in [-0.2, 0) is 14.3 Å². The Labute approximate surface area is 115 Å². The summed E-state index contributed by atoms with van der Waals surface area (Å²) in [5.41, 5.74) is 4.83. The number of anilines is 1. The van der Waals surface area contributed by atoms with Crippen molar-refractivity contribution in [3.63, 3.8) is 0 Å². The van der Waals surface area contributed by atoms with Crippen LogP contribution < -0.4 is 11.4 Å². The third-order valence-corrected chi connectivity index (χ3v) is 3.02. The van der Waals surface area contributed by atoms with Gasteiger partial charge in [0.2, 0.25) is 5.95 Å². The van der Waals surface area contributed by atoms with Crippen molar-refractivity contribution < 1.29 is 14.3 Å². The Morgan fingerprint density at radius 3 is 3.00 bits per heavy atom. The number of nitrogens with zero attached hydrogens (tertiary/aromatic N) is 3. The Balaban J connectivity index is 1.92. The fourth-order valence-corrected chi connectivity index (χ4v) is 1.91. The topological polar surface area (TPSA) is 109 Å². The summed E-state index contributed by atoms with van der Waals surface area (Å²) in [5, 5.41) is 0. The average Bonchev–Trinajstić information content (AvgIpc) is 2.84. The molecule has 8 nitrogen and oxygen atoms in total. The van der Waals surface area contributed by atoms with Gasteiger partial charge < -0.3 is 15.2 Å². The summed E-state index contributed by atoms with van der Waals surface area (Å²) in [7, 11) is 0. The van der Waals surface area contributed by atoms with Crippen molar-refractivity contribution in [2.24, 2.45) is 5.92 Å². The van der Waals surface area contributed by atoms with Crippen molar-refractivity contribution in [3.8, 4) is 0 Å². The summed E-state index contributed by atoms with van der Waals surface area (Å²) in [4.78, 5) is 30.4. The van der Waals surface area contributed by atoms with Crippen LogP contribution in [0.5, 0.6) is 0 Å². The van der Waals surface area contributed by atoms with Gasteiger partial charge in [0, 0.05) is 0 Å². The zero-order chi connectivity index (χ0) is 14.7. The third kappa shape index (κ3) is 3.32. The first kappa shape index (κ1) is 14.4.